The van der Waals surface area contributed by atoms with E-state index in [1.165, 1.54) is 6.07 Å². The van der Waals surface area contributed by atoms with E-state index in [-0.39, 0.29) is 17.9 Å². The average molecular weight is 273 g/mol. The molecule has 1 heterocycles. The van der Waals surface area contributed by atoms with E-state index in [0.29, 0.717) is 12.1 Å². The molecule has 1 aromatic carbocycles. The number of aromatic nitrogens is 2. The van der Waals surface area contributed by atoms with Crippen molar-refractivity contribution in [3.63, 3.8) is 0 Å². The average Bonchev–Trinajstić information content (AvgIpc) is 2.82. The highest BCUT2D eigenvalue weighted by atomic mass is 16.4. The van der Waals surface area contributed by atoms with Gasteiger partial charge in [-0.3, -0.25) is 9.48 Å². The number of carboxylic acids is 1. The van der Waals surface area contributed by atoms with Crippen LogP contribution in [-0.2, 0) is 24.8 Å². The lowest BCUT2D eigenvalue weighted by Crippen LogP contribution is -2.26. The molecule has 0 aliphatic heterocycles. The Morgan fingerprint density at radius 2 is 2.05 bits per heavy atom. The molecule has 0 saturated carbocycles. The number of hydrogen-bond donors (Lipinski definition) is 2. The van der Waals surface area contributed by atoms with E-state index < -0.39 is 5.97 Å². The zero-order valence-corrected chi connectivity index (χ0v) is 11.0. The molecule has 0 radical (unpaired) electrons. The van der Waals surface area contributed by atoms with Gasteiger partial charge in [-0.05, 0) is 17.7 Å². The van der Waals surface area contributed by atoms with Crippen molar-refractivity contribution in [1.29, 1.82) is 0 Å². The topological polar surface area (TPSA) is 84.2 Å². The summed E-state index contributed by atoms with van der Waals surface area (Å²) in [5.41, 5.74) is 1.54. The molecule has 2 aromatic rings. The third kappa shape index (κ3) is 3.23. The molecule has 0 bridgehead atoms. The fourth-order valence-corrected chi connectivity index (χ4v) is 1.88. The number of carbonyl (C=O) groups is 2. The number of benzene rings is 1. The minimum absolute atomic E-state index is 0.0420. The van der Waals surface area contributed by atoms with Crippen molar-refractivity contribution in [2.24, 2.45) is 7.05 Å². The molecule has 0 aliphatic rings. The monoisotopic (exact) mass is 273 g/mol. The molecule has 6 heteroatoms. The number of carboxylic acid groups (broad SMARTS) is 1. The van der Waals surface area contributed by atoms with Crippen molar-refractivity contribution < 1.29 is 14.7 Å². The van der Waals surface area contributed by atoms with Crippen LogP contribution in [0.15, 0.2) is 36.5 Å². The molecule has 0 atom stereocenters. The van der Waals surface area contributed by atoms with Crippen molar-refractivity contribution in [1.82, 2.24) is 15.1 Å². The van der Waals surface area contributed by atoms with Crippen LogP contribution in [0.25, 0.3) is 0 Å². The second kappa shape index (κ2) is 6.01. The zero-order valence-electron chi connectivity index (χ0n) is 11.0. The van der Waals surface area contributed by atoms with Gasteiger partial charge in [0.25, 0.3) is 0 Å². The summed E-state index contributed by atoms with van der Waals surface area (Å²) in [6.45, 7) is 0.366. The number of nitrogens with one attached hydrogen (secondary N) is 1. The van der Waals surface area contributed by atoms with Gasteiger partial charge in [-0.2, -0.15) is 5.10 Å². The zero-order chi connectivity index (χ0) is 14.5. The fraction of sp³-hybridized carbons (Fsp3) is 0.214. The number of rotatable bonds is 5. The first-order valence-corrected chi connectivity index (χ1v) is 6.12. The molecular formula is C14H15N3O3. The Kier molecular flexibility index (Phi) is 4.14. The lowest BCUT2D eigenvalue weighted by molar-refractivity contribution is -0.120. The van der Waals surface area contributed by atoms with Gasteiger partial charge >= 0.3 is 5.97 Å². The lowest BCUT2D eigenvalue weighted by Gasteiger charge is -2.07. The highest BCUT2D eigenvalue weighted by Crippen LogP contribution is 2.09. The van der Waals surface area contributed by atoms with Gasteiger partial charge in [0.15, 0.2) is 0 Å². The maximum Gasteiger partial charge on any atom is 0.335 e. The Morgan fingerprint density at radius 3 is 2.70 bits per heavy atom. The van der Waals surface area contributed by atoms with Gasteiger partial charge < -0.3 is 10.4 Å². The molecule has 2 N–H and O–H groups in total. The molecule has 20 heavy (non-hydrogen) atoms. The minimum Gasteiger partial charge on any atom is -0.478 e. The molecule has 2 rings (SSSR count). The minimum atomic E-state index is -1.03. The van der Waals surface area contributed by atoms with Crippen molar-refractivity contribution >= 4 is 11.9 Å². The Bertz CT molecular complexity index is 634. The third-order valence-electron chi connectivity index (χ3n) is 2.99. The Labute approximate surface area is 116 Å². The van der Waals surface area contributed by atoms with Gasteiger partial charge in [-0.1, -0.05) is 18.2 Å². The Hall–Kier alpha value is -2.63. The summed E-state index contributed by atoms with van der Waals surface area (Å²) in [5.74, 6) is -1.25. The van der Waals surface area contributed by atoms with Crippen molar-refractivity contribution in [3.8, 4) is 0 Å². The fourth-order valence-electron chi connectivity index (χ4n) is 1.88. The van der Waals surface area contributed by atoms with Crippen molar-refractivity contribution in [3.05, 3.63) is 53.3 Å². The quantitative estimate of drug-likeness (QED) is 0.850. The Morgan fingerprint density at radius 1 is 1.30 bits per heavy atom. The molecule has 6 nitrogen and oxygen atoms in total. The summed E-state index contributed by atoms with van der Waals surface area (Å²) in [6.07, 6.45) is 1.70. The van der Waals surface area contributed by atoms with Gasteiger partial charge in [-0.25, -0.2) is 4.79 Å². The summed E-state index contributed by atoms with van der Waals surface area (Å²) in [5, 5.41) is 15.8. The SMILES string of the molecule is Cn1nccc1CNC(=O)Cc1ccccc1C(=O)O. The van der Waals surface area contributed by atoms with E-state index in [2.05, 4.69) is 10.4 Å². The summed E-state index contributed by atoms with van der Waals surface area (Å²) >= 11 is 0. The third-order valence-corrected chi connectivity index (χ3v) is 2.99. The van der Waals surface area contributed by atoms with Crippen LogP contribution in [0.1, 0.15) is 21.6 Å². The summed E-state index contributed by atoms with van der Waals surface area (Å²) < 4.78 is 1.67. The predicted molar refractivity (Wildman–Crippen MR) is 72.2 cm³/mol. The number of hydrogen-bond acceptors (Lipinski definition) is 3. The van der Waals surface area contributed by atoms with E-state index in [1.807, 2.05) is 6.07 Å². The van der Waals surface area contributed by atoms with Crippen LogP contribution in [-0.4, -0.2) is 26.8 Å². The second-order valence-corrected chi connectivity index (χ2v) is 4.36. The first kappa shape index (κ1) is 13.8. The molecule has 1 aromatic heterocycles. The molecule has 0 unspecified atom stereocenters. The normalized spacial score (nSPS) is 10.2. The number of aromatic carboxylic acids is 1. The largest absolute Gasteiger partial charge is 0.478 e. The Balaban J connectivity index is 1.98. The van der Waals surface area contributed by atoms with Crippen LogP contribution < -0.4 is 5.32 Å². The number of carbonyl (C=O) groups excluding carboxylic acids is 1. The van der Waals surface area contributed by atoms with Gasteiger partial charge in [0.2, 0.25) is 5.91 Å². The van der Waals surface area contributed by atoms with Crippen LogP contribution in [0.3, 0.4) is 0 Å². The molecule has 0 spiro atoms. The summed E-state index contributed by atoms with van der Waals surface area (Å²) in [4.78, 5) is 22.9. The molecule has 0 aliphatic carbocycles. The van der Waals surface area contributed by atoms with Crippen LogP contribution in [0.4, 0.5) is 0 Å². The van der Waals surface area contributed by atoms with E-state index in [0.717, 1.165) is 5.69 Å². The van der Waals surface area contributed by atoms with Crippen molar-refractivity contribution in [2.45, 2.75) is 13.0 Å². The first-order chi connectivity index (χ1) is 9.58. The van der Waals surface area contributed by atoms with Gasteiger partial charge in [0.1, 0.15) is 0 Å². The first-order valence-electron chi connectivity index (χ1n) is 6.12. The van der Waals surface area contributed by atoms with E-state index >= 15 is 0 Å². The van der Waals surface area contributed by atoms with Crippen LogP contribution in [0, 0.1) is 0 Å². The lowest BCUT2D eigenvalue weighted by atomic mass is 10.0. The van der Waals surface area contributed by atoms with Gasteiger partial charge in [0, 0.05) is 13.2 Å². The van der Waals surface area contributed by atoms with E-state index in [9.17, 15) is 9.59 Å². The summed E-state index contributed by atoms with van der Waals surface area (Å²) in [7, 11) is 1.79. The molecule has 0 saturated heterocycles. The highest BCUT2D eigenvalue weighted by molar-refractivity contribution is 5.91. The summed E-state index contributed by atoms with van der Waals surface area (Å²) in [6, 6.07) is 8.31. The molecule has 1 amide bonds. The van der Waals surface area contributed by atoms with Crippen LogP contribution in [0.5, 0.6) is 0 Å². The molecule has 104 valence electrons. The smallest absolute Gasteiger partial charge is 0.335 e. The predicted octanol–water partition coefficient (Wildman–Crippen LogP) is 0.977. The van der Waals surface area contributed by atoms with Crippen molar-refractivity contribution in [2.75, 3.05) is 0 Å². The van der Waals surface area contributed by atoms with Gasteiger partial charge in [-0.15, -0.1) is 0 Å². The highest BCUT2D eigenvalue weighted by Gasteiger charge is 2.12. The number of amides is 1. The maximum absolute atomic E-state index is 11.9. The van der Waals surface area contributed by atoms with E-state index in [4.69, 9.17) is 5.11 Å². The maximum atomic E-state index is 11.9. The van der Waals surface area contributed by atoms with Gasteiger partial charge in [0.05, 0.1) is 24.2 Å². The van der Waals surface area contributed by atoms with Crippen LogP contribution in [0.2, 0.25) is 0 Å². The molecular weight excluding hydrogens is 258 g/mol. The number of aryl methyl sites for hydroxylation is 1. The number of nitrogens with zero attached hydrogens (tertiary/aromatic N) is 2. The van der Waals surface area contributed by atoms with Crippen LogP contribution >= 0.6 is 0 Å². The molecule has 0 fully saturated rings. The van der Waals surface area contributed by atoms with E-state index in [1.54, 1.807) is 36.1 Å². The standard InChI is InChI=1S/C14H15N3O3/c1-17-11(6-7-16-17)9-15-13(18)8-10-4-2-3-5-12(10)14(19)20/h2-7H,8-9H2,1H3,(H,15,18)(H,19,20). The second-order valence-electron chi connectivity index (χ2n) is 4.36.